The molecule has 0 aliphatic heterocycles. The lowest BCUT2D eigenvalue weighted by Crippen LogP contribution is -2.67. The van der Waals surface area contributed by atoms with Gasteiger partial charge < -0.3 is 42.1 Å². The third kappa shape index (κ3) is 5.42. The van der Waals surface area contributed by atoms with Crippen molar-refractivity contribution in [1.82, 2.24) is 4.90 Å². The first-order chi connectivity index (χ1) is 20.0. The molecule has 10 N–H and O–H groups in total. The summed E-state index contributed by atoms with van der Waals surface area (Å²) in [6.45, 7) is 5.20. The van der Waals surface area contributed by atoms with Gasteiger partial charge in [-0.2, -0.15) is 0 Å². The predicted octanol–water partition coefficient (Wildman–Crippen LogP) is -0.102. The summed E-state index contributed by atoms with van der Waals surface area (Å²) in [6.07, 6.45) is 1.98. The van der Waals surface area contributed by atoms with Crippen LogP contribution < -0.4 is 11.5 Å². The molecule has 14 heteroatoms. The number of rotatable bonds is 8. The number of aliphatic imine (C=N–C) groups is 1. The van der Waals surface area contributed by atoms with E-state index in [9.17, 15) is 44.7 Å². The zero-order valence-electron chi connectivity index (χ0n) is 24.1. The molecule has 43 heavy (non-hydrogen) atoms. The van der Waals surface area contributed by atoms with Crippen LogP contribution in [-0.4, -0.2) is 104 Å². The molecule has 1 aromatic carbocycles. The van der Waals surface area contributed by atoms with Crippen molar-refractivity contribution < 1.29 is 49.8 Å². The molecule has 0 saturated heterocycles. The summed E-state index contributed by atoms with van der Waals surface area (Å²) in [7, 11) is 3.01. The van der Waals surface area contributed by atoms with E-state index in [1.807, 2.05) is 0 Å². The Morgan fingerprint density at radius 2 is 1.79 bits per heavy atom. The number of primary amides is 1. The van der Waals surface area contributed by atoms with Gasteiger partial charge in [-0.1, -0.05) is 12.1 Å². The number of aliphatic hydroxyl groups is 4. The Morgan fingerprint density at radius 1 is 1.16 bits per heavy atom. The molecular formula is C29H38N4O10. The first kappa shape index (κ1) is 33.4. The monoisotopic (exact) mass is 602 g/mol. The van der Waals surface area contributed by atoms with Gasteiger partial charge in [0.1, 0.15) is 28.9 Å². The number of nitrogens with zero attached hydrogens (tertiary/aromatic N) is 2. The minimum absolute atomic E-state index is 0.170. The number of hydrogen-bond acceptors (Lipinski definition) is 12. The van der Waals surface area contributed by atoms with Crippen molar-refractivity contribution in [2.45, 2.75) is 55.9 Å². The van der Waals surface area contributed by atoms with E-state index in [-0.39, 0.29) is 17.5 Å². The van der Waals surface area contributed by atoms with Crippen LogP contribution in [0.1, 0.15) is 43.7 Å². The number of ketones is 2. The highest BCUT2D eigenvalue weighted by Crippen LogP contribution is 2.57. The van der Waals surface area contributed by atoms with Gasteiger partial charge in [-0.15, -0.1) is 0 Å². The van der Waals surface area contributed by atoms with E-state index >= 15 is 0 Å². The molecule has 0 heterocycles. The summed E-state index contributed by atoms with van der Waals surface area (Å²) in [5, 5.41) is 63.4. The maximum atomic E-state index is 13.7. The number of aliphatic carboxylic acids is 1. The number of aromatic hydroxyl groups is 1. The van der Waals surface area contributed by atoms with Crippen molar-refractivity contribution in [3.8, 4) is 5.75 Å². The van der Waals surface area contributed by atoms with Crippen molar-refractivity contribution >= 4 is 35.9 Å². The average molecular weight is 603 g/mol. The Kier molecular flexibility index (Phi) is 9.51. The van der Waals surface area contributed by atoms with E-state index in [1.54, 1.807) is 0 Å². The topological polar surface area (TPSA) is 257 Å². The number of phenolic OH excluding ortho intramolecular Hbond substituents is 1. The van der Waals surface area contributed by atoms with E-state index in [2.05, 4.69) is 11.7 Å². The first-order valence-corrected chi connectivity index (χ1v) is 13.6. The number of hydrogen-bond donors (Lipinski definition) is 8. The number of fused-ring (bicyclic) bond motifs is 3. The van der Waals surface area contributed by atoms with Crippen LogP contribution in [0, 0.1) is 11.8 Å². The van der Waals surface area contributed by atoms with Crippen molar-refractivity contribution in [3.63, 3.8) is 0 Å². The largest absolute Gasteiger partial charge is 0.508 e. The molecule has 1 saturated carbocycles. The second-order valence-corrected chi connectivity index (χ2v) is 11.3. The molecule has 4 rings (SSSR count). The van der Waals surface area contributed by atoms with Crippen molar-refractivity contribution in [3.05, 3.63) is 46.2 Å². The van der Waals surface area contributed by atoms with E-state index in [1.165, 1.54) is 44.1 Å². The second-order valence-electron chi connectivity index (χ2n) is 11.3. The molecule has 1 unspecified atom stereocenters. The molecule has 0 radical (unpaired) electrons. The van der Waals surface area contributed by atoms with Gasteiger partial charge in [-0.25, -0.2) is 4.79 Å². The van der Waals surface area contributed by atoms with E-state index < -0.39 is 87.0 Å². The standard InChI is InChI=1S/C22H24N2O8.C7H14N2O2/c1-21(31)8-5-4-6-11(25)12(8)16(26)13-9(21)7-10-15(24(2)3)17(27)14(20(23)30)19(29)22(10,32)18(13)28;1-9-6(7(10)11)4-2-3-5-8/h4-6,9-10,15,25-26,29,31-32H,7H2,1-3H3,(H2,23,30);6H,1-5,8H2,(H,10,11)/t9-,10-,15-,21+,22-;/m0./s1. The third-order valence-corrected chi connectivity index (χ3v) is 8.46. The third-order valence-electron chi connectivity index (χ3n) is 8.46. The maximum absolute atomic E-state index is 13.7. The van der Waals surface area contributed by atoms with Crippen LogP contribution in [0.2, 0.25) is 0 Å². The zero-order chi connectivity index (χ0) is 32.6. The Labute approximate surface area is 247 Å². The summed E-state index contributed by atoms with van der Waals surface area (Å²) in [4.78, 5) is 53.8. The van der Waals surface area contributed by atoms with Crippen LogP contribution in [0.4, 0.5) is 0 Å². The fraction of sp³-hybridized carbons (Fsp3) is 0.483. The number of Topliss-reactive ketones (excluding diaryl/α,β-unsaturated/α-hetero) is 2. The van der Waals surface area contributed by atoms with Crippen LogP contribution in [-0.2, 0) is 24.8 Å². The number of amides is 1. The summed E-state index contributed by atoms with van der Waals surface area (Å²) >= 11 is 0. The normalized spacial score (nSPS) is 28.8. The molecule has 3 aliphatic rings. The highest BCUT2D eigenvalue weighted by atomic mass is 16.4. The molecule has 6 atom stereocenters. The van der Waals surface area contributed by atoms with Gasteiger partial charge in [0.25, 0.3) is 5.91 Å². The number of nitrogens with two attached hydrogens (primary N) is 2. The summed E-state index contributed by atoms with van der Waals surface area (Å²) in [6, 6.07) is 2.36. The van der Waals surface area contributed by atoms with Gasteiger partial charge in [0, 0.05) is 17.4 Å². The average Bonchev–Trinajstić information content (AvgIpc) is 2.91. The summed E-state index contributed by atoms with van der Waals surface area (Å²) in [5.41, 5.74) is 4.69. The molecule has 1 amide bonds. The Bertz CT molecular complexity index is 1420. The van der Waals surface area contributed by atoms with Gasteiger partial charge in [0.15, 0.2) is 11.4 Å². The van der Waals surface area contributed by atoms with Gasteiger partial charge >= 0.3 is 5.97 Å². The zero-order valence-corrected chi connectivity index (χ0v) is 24.1. The van der Waals surface area contributed by atoms with Crippen LogP contribution in [0.15, 0.2) is 40.1 Å². The number of carbonyl (C=O) groups excluding carboxylic acids is 3. The van der Waals surface area contributed by atoms with Crippen LogP contribution in [0.5, 0.6) is 5.75 Å². The smallest absolute Gasteiger partial charge is 0.328 e. The quantitative estimate of drug-likeness (QED) is 0.110. The summed E-state index contributed by atoms with van der Waals surface area (Å²) in [5.74, 6) is -8.80. The SMILES string of the molecule is C=NC(CCCCN)C(=O)O.CN(C)[C@@H]1C(=O)C(C(N)=O)=C(O)[C@@]2(O)C(=O)C3=C(O)c4c(O)cccc4[C@@](C)(O)[C@H]3C[C@@H]12. The number of carboxylic acids is 1. The molecule has 0 spiro atoms. The van der Waals surface area contributed by atoms with Gasteiger partial charge in [-0.3, -0.25) is 24.3 Å². The van der Waals surface area contributed by atoms with Crippen molar-refractivity contribution in [2.24, 2.45) is 28.3 Å². The Balaban J connectivity index is 0.000000393. The lowest BCUT2D eigenvalue weighted by atomic mass is 9.54. The molecule has 1 aromatic rings. The molecule has 234 valence electrons. The maximum Gasteiger partial charge on any atom is 0.328 e. The molecular weight excluding hydrogens is 564 g/mol. The van der Waals surface area contributed by atoms with Crippen molar-refractivity contribution in [2.75, 3.05) is 20.6 Å². The number of aliphatic hydroxyl groups excluding tert-OH is 2. The van der Waals surface area contributed by atoms with Crippen LogP contribution in [0.25, 0.3) is 5.76 Å². The molecule has 3 aliphatic carbocycles. The van der Waals surface area contributed by atoms with E-state index in [0.29, 0.717) is 13.0 Å². The highest BCUT2D eigenvalue weighted by Gasteiger charge is 2.66. The molecule has 0 bridgehead atoms. The molecule has 1 fully saturated rings. The van der Waals surface area contributed by atoms with Gasteiger partial charge in [0.2, 0.25) is 5.78 Å². The van der Waals surface area contributed by atoms with E-state index in [4.69, 9.17) is 16.6 Å². The molecule has 14 nitrogen and oxygen atoms in total. The second kappa shape index (κ2) is 12.2. The molecule has 0 aromatic heterocycles. The summed E-state index contributed by atoms with van der Waals surface area (Å²) < 4.78 is 0. The predicted molar refractivity (Wildman–Crippen MR) is 154 cm³/mol. The first-order valence-electron chi connectivity index (χ1n) is 13.6. The lowest BCUT2D eigenvalue weighted by molar-refractivity contribution is -0.159. The van der Waals surface area contributed by atoms with Crippen molar-refractivity contribution in [1.29, 1.82) is 0 Å². The fourth-order valence-electron chi connectivity index (χ4n) is 6.28. The number of benzene rings is 1. The fourth-order valence-corrected chi connectivity index (χ4v) is 6.28. The Hall–Kier alpha value is -4.11. The minimum Gasteiger partial charge on any atom is -0.508 e. The lowest BCUT2D eigenvalue weighted by Gasteiger charge is -2.53. The van der Waals surface area contributed by atoms with Crippen LogP contribution >= 0.6 is 0 Å². The number of carbonyl (C=O) groups is 4. The number of likely N-dealkylation sites (N-methyl/N-ethyl adjacent to an activating group) is 1. The van der Waals surface area contributed by atoms with Gasteiger partial charge in [-0.05, 0) is 71.6 Å². The minimum atomic E-state index is -2.75. The van der Waals surface area contributed by atoms with E-state index in [0.717, 1.165) is 12.8 Å². The number of unbranched alkanes of at least 4 members (excludes halogenated alkanes) is 1. The van der Waals surface area contributed by atoms with Gasteiger partial charge in [0.05, 0.1) is 17.2 Å². The number of carboxylic acid groups (broad SMARTS) is 1. The Morgan fingerprint density at radius 3 is 2.30 bits per heavy atom. The van der Waals surface area contributed by atoms with Crippen LogP contribution in [0.3, 0.4) is 0 Å². The number of phenols is 1. The highest BCUT2D eigenvalue weighted by molar-refractivity contribution is 6.24.